The summed E-state index contributed by atoms with van der Waals surface area (Å²) in [7, 11) is 0. The molecule has 1 aromatic carbocycles. The van der Waals surface area contributed by atoms with Crippen molar-refractivity contribution >= 4 is 5.69 Å². The number of rotatable bonds is 3. The van der Waals surface area contributed by atoms with Crippen molar-refractivity contribution in [1.82, 2.24) is 4.90 Å². The lowest BCUT2D eigenvalue weighted by atomic mass is 10.1. The number of nitrogens with zero attached hydrogens (tertiary/aromatic N) is 1. The number of para-hydroxylation sites is 1. The Bertz CT molecular complexity index is 327. The molecular weight excluding hydrogens is 188 g/mol. The molecule has 1 fully saturated rings. The van der Waals surface area contributed by atoms with Crippen molar-refractivity contribution in [1.29, 1.82) is 0 Å². The largest absolute Gasteiger partial charge is 0.399 e. The van der Waals surface area contributed by atoms with Crippen LogP contribution in [0.25, 0.3) is 0 Å². The van der Waals surface area contributed by atoms with Gasteiger partial charge in [0.05, 0.1) is 6.10 Å². The zero-order chi connectivity index (χ0) is 10.7. The maximum atomic E-state index is 9.39. The van der Waals surface area contributed by atoms with Crippen LogP contribution in [0.4, 0.5) is 5.69 Å². The normalized spacial score (nSPS) is 22.1. The SMILES string of the molecule is Nc1ccccc1CCN1CCC(O)C1. The summed E-state index contributed by atoms with van der Waals surface area (Å²) < 4.78 is 0. The number of β-amino-alcohol motifs (C(OH)–C–C–N with tert-alkyl or cyclic N) is 1. The summed E-state index contributed by atoms with van der Waals surface area (Å²) in [6.07, 6.45) is 1.75. The van der Waals surface area contributed by atoms with Gasteiger partial charge in [0, 0.05) is 25.3 Å². The topological polar surface area (TPSA) is 49.5 Å². The second kappa shape index (κ2) is 4.64. The predicted octanol–water partition coefficient (Wildman–Crippen LogP) is 0.878. The quantitative estimate of drug-likeness (QED) is 0.722. The molecule has 1 atom stereocenters. The molecule has 3 N–H and O–H groups in total. The van der Waals surface area contributed by atoms with Crippen LogP contribution in [0.3, 0.4) is 0 Å². The minimum absolute atomic E-state index is 0.127. The first-order chi connectivity index (χ1) is 7.25. The molecule has 0 aromatic heterocycles. The minimum atomic E-state index is -0.127. The van der Waals surface area contributed by atoms with Gasteiger partial charge in [-0.2, -0.15) is 0 Å². The van der Waals surface area contributed by atoms with Crippen LogP contribution in [0.5, 0.6) is 0 Å². The Kier molecular flexibility index (Phi) is 3.23. The average Bonchev–Trinajstić information content (AvgIpc) is 2.63. The van der Waals surface area contributed by atoms with E-state index in [0.717, 1.165) is 38.2 Å². The summed E-state index contributed by atoms with van der Waals surface area (Å²) >= 11 is 0. The minimum Gasteiger partial charge on any atom is -0.399 e. The molecule has 1 saturated heterocycles. The van der Waals surface area contributed by atoms with Gasteiger partial charge >= 0.3 is 0 Å². The Morgan fingerprint density at radius 1 is 1.40 bits per heavy atom. The van der Waals surface area contributed by atoms with E-state index in [1.54, 1.807) is 0 Å². The van der Waals surface area contributed by atoms with E-state index in [1.165, 1.54) is 5.56 Å². The van der Waals surface area contributed by atoms with Crippen molar-refractivity contribution < 1.29 is 5.11 Å². The zero-order valence-electron chi connectivity index (χ0n) is 8.89. The van der Waals surface area contributed by atoms with Crippen LogP contribution in [0.15, 0.2) is 24.3 Å². The van der Waals surface area contributed by atoms with Crippen molar-refractivity contribution in [3.8, 4) is 0 Å². The molecule has 2 rings (SSSR count). The number of nitrogen functional groups attached to an aromatic ring is 1. The molecule has 0 radical (unpaired) electrons. The number of benzene rings is 1. The van der Waals surface area contributed by atoms with E-state index in [4.69, 9.17) is 5.73 Å². The fourth-order valence-electron chi connectivity index (χ4n) is 2.06. The molecule has 1 aromatic rings. The van der Waals surface area contributed by atoms with Gasteiger partial charge in [-0.15, -0.1) is 0 Å². The summed E-state index contributed by atoms with van der Waals surface area (Å²) in [5.74, 6) is 0. The molecule has 0 bridgehead atoms. The van der Waals surface area contributed by atoms with Crippen LogP contribution in [-0.2, 0) is 6.42 Å². The van der Waals surface area contributed by atoms with E-state index in [1.807, 2.05) is 18.2 Å². The third kappa shape index (κ3) is 2.70. The van der Waals surface area contributed by atoms with Crippen LogP contribution < -0.4 is 5.73 Å². The number of likely N-dealkylation sites (tertiary alicyclic amines) is 1. The van der Waals surface area contributed by atoms with Gasteiger partial charge in [0.25, 0.3) is 0 Å². The highest BCUT2D eigenvalue weighted by Crippen LogP contribution is 2.14. The first-order valence-corrected chi connectivity index (χ1v) is 5.49. The lowest BCUT2D eigenvalue weighted by molar-refractivity contribution is 0.177. The van der Waals surface area contributed by atoms with Crippen molar-refractivity contribution in [2.45, 2.75) is 18.9 Å². The van der Waals surface area contributed by atoms with Gasteiger partial charge in [-0.05, 0) is 24.5 Å². The van der Waals surface area contributed by atoms with Gasteiger partial charge in [0.2, 0.25) is 0 Å². The smallest absolute Gasteiger partial charge is 0.0679 e. The maximum absolute atomic E-state index is 9.39. The highest BCUT2D eigenvalue weighted by Gasteiger charge is 2.19. The molecule has 0 amide bonds. The number of nitrogens with two attached hydrogens (primary N) is 1. The zero-order valence-corrected chi connectivity index (χ0v) is 8.89. The molecule has 1 heterocycles. The second-order valence-corrected chi connectivity index (χ2v) is 4.19. The number of anilines is 1. The number of hydrogen-bond donors (Lipinski definition) is 2. The highest BCUT2D eigenvalue weighted by molar-refractivity contribution is 5.46. The number of aliphatic hydroxyl groups is 1. The summed E-state index contributed by atoms with van der Waals surface area (Å²) in [4.78, 5) is 2.29. The van der Waals surface area contributed by atoms with Crippen molar-refractivity contribution in [2.24, 2.45) is 0 Å². The molecule has 1 unspecified atom stereocenters. The Hall–Kier alpha value is -1.06. The highest BCUT2D eigenvalue weighted by atomic mass is 16.3. The Labute approximate surface area is 90.5 Å². The number of aliphatic hydroxyl groups excluding tert-OH is 1. The van der Waals surface area contributed by atoms with E-state index in [2.05, 4.69) is 11.0 Å². The van der Waals surface area contributed by atoms with Crippen LogP contribution in [-0.4, -0.2) is 35.7 Å². The van der Waals surface area contributed by atoms with Gasteiger partial charge < -0.3 is 15.7 Å². The van der Waals surface area contributed by atoms with Gasteiger partial charge in [-0.1, -0.05) is 18.2 Å². The molecule has 1 aliphatic heterocycles. The summed E-state index contributed by atoms with van der Waals surface area (Å²) in [6.45, 7) is 2.81. The standard InChI is InChI=1S/C12H18N2O/c13-12-4-2-1-3-10(12)5-7-14-8-6-11(15)9-14/h1-4,11,15H,5-9,13H2. The fraction of sp³-hybridized carbons (Fsp3) is 0.500. The van der Waals surface area contributed by atoms with E-state index >= 15 is 0 Å². The molecule has 15 heavy (non-hydrogen) atoms. The summed E-state index contributed by atoms with van der Waals surface area (Å²) in [5, 5.41) is 9.39. The van der Waals surface area contributed by atoms with Crippen LogP contribution in [0.2, 0.25) is 0 Å². The number of hydrogen-bond acceptors (Lipinski definition) is 3. The molecule has 0 spiro atoms. The van der Waals surface area contributed by atoms with Crippen LogP contribution >= 0.6 is 0 Å². The molecule has 82 valence electrons. The monoisotopic (exact) mass is 206 g/mol. The summed E-state index contributed by atoms with van der Waals surface area (Å²) in [5.41, 5.74) is 7.94. The third-order valence-corrected chi connectivity index (χ3v) is 3.00. The Morgan fingerprint density at radius 3 is 2.87 bits per heavy atom. The molecule has 3 heteroatoms. The second-order valence-electron chi connectivity index (χ2n) is 4.19. The Morgan fingerprint density at radius 2 is 2.20 bits per heavy atom. The van der Waals surface area contributed by atoms with Crippen LogP contribution in [0, 0.1) is 0 Å². The van der Waals surface area contributed by atoms with E-state index in [9.17, 15) is 5.11 Å². The van der Waals surface area contributed by atoms with Gasteiger partial charge in [0.1, 0.15) is 0 Å². The van der Waals surface area contributed by atoms with Crippen molar-refractivity contribution in [2.75, 3.05) is 25.4 Å². The first kappa shape index (κ1) is 10.5. The molecule has 1 aliphatic rings. The third-order valence-electron chi connectivity index (χ3n) is 3.00. The molecule has 0 saturated carbocycles. The molecule has 0 aliphatic carbocycles. The molecule has 3 nitrogen and oxygen atoms in total. The van der Waals surface area contributed by atoms with E-state index < -0.39 is 0 Å². The molecular formula is C12H18N2O. The lowest BCUT2D eigenvalue weighted by Gasteiger charge is -2.15. The Balaban J connectivity index is 1.86. The average molecular weight is 206 g/mol. The predicted molar refractivity (Wildman–Crippen MR) is 61.6 cm³/mol. The van der Waals surface area contributed by atoms with Crippen molar-refractivity contribution in [3.63, 3.8) is 0 Å². The lowest BCUT2D eigenvalue weighted by Crippen LogP contribution is -2.24. The van der Waals surface area contributed by atoms with Gasteiger partial charge in [-0.25, -0.2) is 0 Å². The van der Waals surface area contributed by atoms with E-state index in [0.29, 0.717) is 0 Å². The first-order valence-electron chi connectivity index (χ1n) is 5.49. The van der Waals surface area contributed by atoms with Crippen molar-refractivity contribution in [3.05, 3.63) is 29.8 Å². The van der Waals surface area contributed by atoms with E-state index in [-0.39, 0.29) is 6.10 Å². The fourth-order valence-corrected chi connectivity index (χ4v) is 2.06. The summed E-state index contributed by atoms with van der Waals surface area (Å²) in [6, 6.07) is 7.99. The maximum Gasteiger partial charge on any atom is 0.0679 e. The van der Waals surface area contributed by atoms with Gasteiger partial charge in [-0.3, -0.25) is 0 Å². The van der Waals surface area contributed by atoms with Crippen LogP contribution in [0.1, 0.15) is 12.0 Å². The van der Waals surface area contributed by atoms with Gasteiger partial charge in [0.15, 0.2) is 0 Å².